The fraction of sp³-hybridized carbons (Fsp3) is 0.286. The average molecular weight is 326 g/mol. The number of benzene rings is 1. The van der Waals surface area contributed by atoms with Gasteiger partial charge in [0.25, 0.3) is 0 Å². The predicted molar refractivity (Wildman–Crippen MR) is 77.4 cm³/mol. The van der Waals surface area contributed by atoms with Gasteiger partial charge in [-0.2, -0.15) is 0 Å². The number of nitrogens with one attached hydrogen (secondary N) is 1. The first kappa shape index (κ1) is 15.4. The number of esters is 1. The molecule has 0 spiro atoms. The van der Waals surface area contributed by atoms with Crippen molar-refractivity contribution in [2.75, 3.05) is 7.11 Å². The summed E-state index contributed by atoms with van der Waals surface area (Å²) in [5, 5.41) is 2.69. The SMILES string of the molecule is COC(=O)CC(C)NC(=O)/C=C/c1ccc(Br)cc1. The highest BCUT2D eigenvalue weighted by Gasteiger charge is 2.10. The van der Waals surface area contributed by atoms with E-state index in [9.17, 15) is 9.59 Å². The second kappa shape index (κ2) is 7.74. The zero-order chi connectivity index (χ0) is 14.3. The maximum atomic E-state index is 11.6. The number of amides is 1. The van der Waals surface area contributed by atoms with Crippen molar-refractivity contribution in [2.24, 2.45) is 0 Å². The van der Waals surface area contributed by atoms with E-state index in [1.165, 1.54) is 13.2 Å². The lowest BCUT2D eigenvalue weighted by atomic mass is 10.2. The van der Waals surface area contributed by atoms with Crippen LogP contribution in [-0.4, -0.2) is 25.0 Å². The van der Waals surface area contributed by atoms with Crippen LogP contribution in [0.5, 0.6) is 0 Å². The van der Waals surface area contributed by atoms with Crippen LogP contribution >= 0.6 is 15.9 Å². The highest BCUT2D eigenvalue weighted by molar-refractivity contribution is 9.10. The van der Waals surface area contributed by atoms with Gasteiger partial charge in [-0.05, 0) is 30.7 Å². The fourth-order valence-electron chi connectivity index (χ4n) is 1.42. The van der Waals surface area contributed by atoms with Crippen LogP contribution in [0.1, 0.15) is 18.9 Å². The first-order chi connectivity index (χ1) is 9.01. The minimum atomic E-state index is -0.343. The molecule has 0 fully saturated rings. The average Bonchev–Trinajstić information content (AvgIpc) is 2.37. The summed E-state index contributed by atoms with van der Waals surface area (Å²) in [6, 6.07) is 7.33. The maximum absolute atomic E-state index is 11.6. The van der Waals surface area contributed by atoms with E-state index in [1.54, 1.807) is 13.0 Å². The van der Waals surface area contributed by atoms with Crippen LogP contribution in [0.4, 0.5) is 0 Å². The number of hydrogen-bond donors (Lipinski definition) is 1. The monoisotopic (exact) mass is 325 g/mol. The first-order valence-corrected chi connectivity index (χ1v) is 6.61. The van der Waals surface area contributed by atoms with Gasteiger partial charge < -0.3 is 10.1 Å². The lowest BCUT2D eigenvalue weighted by Crippen LogP contribution is -2.33. The third kappa shape index (κ3) is 6.20. The summed E-state index contributed by atoms with van der Waals surface area (Å²) in [7, 11) is 1.32. The minimum absolute atomic E-state index is 0.161. The van der Waals surface area contributed by atoms with Crippen LogP contribution in [0.15, 0.2) is 34.8 Å². The first-order valence-electron chi connectivity index (χ1n) is 5.82. The van der Waals surface area contributed by atoms with Gasteiger partial charge in [-0.3, -0.25) is 9.59 Å². The molecule has 19 heavy (non-hydrogen) atoms. The summed E-state index contributed by atoms with van der Waals surface area (Å²) in [6.45, 7) is 1.75. The summed E-state index contributed by atoms with van der Waals surface area (Å²) in [5.41, 5.74) is 0.930. The Morgan fingerprint density at radius 3 is 2.58 bits per heavy atom. The Balaban J connectivity index is 2.46. The van der Waals surface area contributed by atoms with Gasteiger partial charge in [-0.1, -0.05) is 28.1 Å². The van der Waals surface area contributed by atoms with E-state index in [2.05, 4.69) is 26.0 Å². The Morgan fingerprint density at radius 1 is 1.37 bits per heavy atom. The van der Waals surface area contributed by atoms with E-state index in [0.717, 1.165) is 10.0 Å². The highest BCUT2D eigenvalue weighted by Crippen LogP contribution is 2.11. The smallest absolute Gasteiger partial charge is 0.307 e. The molecule has 0 radical (unpaired) electrons. The number of carbonyl (C=O) groups is 2. The van der Waals surface area contributed by atoms with Gasteiger partial charge in [0.2, 0.25) is 5.91 Å². The van der Waals surface area contributed by atoms with Crippen molar-refractivity contribution < 1.29 is 14.3 Å². The second-order valence-electron chi connectivity index (χ2n) is 4.07. The van der Waals surface area contributed by atoms with Crippen molar-refractivity contribution in [2.45, 2.75) is 19.4 Å². The molecule has 0 bridgehead atoms. The molecule has 4 nitrogen and oxygen atoms in total. The molecule has 0 aliphatic carbocycles. The molecule has 5 heteroatoms. The number of methoxy groups -OCH3 is 1. The van der Waals surface area contributed by atoms with E-state index < -0.39 is 0 Å². The molecule has 0 aromatic heterocycles. The molecule has 0 heterocycles. The molecular weight excluding hydrogens is 310 g/mol. The number of carbonyl (C=O) groups excluding carboxylic acids is 2. The van der Waals surface area contributed by atoms with Crippen molar-refractivity contribution in [3.8, 4) is 0 Å². The van der Waals surface area contributed by atoms with Crippen molar-refractivity contribution in [1.82, 2.24) is 5.32 Å². The van der Waals surface area contributed by atoms with Crippen molar-refractivity contribution in [1.29, 1.82) is 0 Å². The highest BCUT2D eigenvalue weighted by atomic mass is 79.9. The zero-order valence-corrected chi connectivity index (χ0v) is 12.4. The largest absolute Gasteiger partial charge is 0.469 e. The van der Waals surface area contributed by atoms with E-state index in [0.29, 0.717) is 0 Å². The van der Waals surface area contributed by atoms with E-state index in [4.69, 9.17) is 0 Å². The van der Waals surface area contributed by atoms with Gasteiger partial charge in [-0.25, -0.2) is 0 Å². The standard InChI is InChI=1S/C14H16BrNO3/c1-10(9-14(18)19-2)16-13(17)8-5-11-3-6-12(15)7-4-11/h3-8,10H,9H2,1-2H3,(H,16,17)/b8-5+. The molecule has 1 rings (SSSR count). The van der Waals surface area contributed by atoms with Crippen LogP contribution in [0, 0.1) is 0 Å². The summed E-state index contributed by atoms with van der Waals surface area (Å²) in [5.74, 6) is -0.580. The molecule has 1 amide bonds. The van der Waals surface area contributed by atoms with Gasteiger partial charge >= 0.3 is 5.97 Å². The molecule has 0 saturated carbocycles. The topological polar surface area (TPSA) is 55.4 Å². The normalized spacial score (nSPS) is 12.2. The van der Waals surface area contributed by atoms with Crippen LogP contribution in [0.25, 0.3) is 6.08 Å². The molecule has 0 saturated heterocycles. The van der Waals surface area contributed by atoms with Gasteiger partial charge in [0, 0.05) is 16.6 Å². The fourth-order valence-corrected chi connectivity index (χ4v) is 1.69. The molecule has 102 valence electrons. The van der Waals surface area contributed by atoms with Gasteiger partial charge in [-0.15, -0.1) is 0 Å². The van der Waals surface area contributed by atoms with Gasteiger partial charge in [0.1, 0.15) is 0 Å². The third-order valence-electron chi connectivity index (χ3n) is 2.39. The molecule has 1 N–H and O–H groups in total. The zero-order valence-electron chi connectivity index (χ0n) is 10.9. The predicted octanol–water partition coefficient (Wildman–Crippen LogP) is 2.53. The molecule has 1 aromatic rings. The number of ether oxygens (including phenoxy) is 1. The van der Waals surface area contributed by atoms with Crippen LogP contribution in [0.2, 0.25) is 0 Å². The lowest BCUT2D eigenvalue weighted by Gasteiger charge is -2.10. The Morgan fingerprint density at radius 2 is 2.00 bits per heavy atom. The summed E-state index contributed by atoms with van der Waals surface area (Å²) >= 11 is 3.34. The van der Waals surface area contributed by atoms with E-state index in [-0.39, 0.29) is 24.3 Å². The maximum Gasteiger partial charge on any atom is 0.307 e. The van der Waals surface area contributed by atoms with Crippen molar-refractivity contribution in [3.63, 3.8) is 0 Å². The van der Waals surface area contributed by atoms with Crippen molar-refractivity contribution >= 4 is 33.9 Å². The quantitative estimate of drug-likeness (QED) is 0.668. The summed E-state index contributed by atoms with van der Waals surface area (Å²) in [6.07, 6.45) is 3.32. The summed E-state index contributed by atoms with van der Waals surface area (Å²) in [4.78, 5) is 22.6. The lowest BCUT2D eigenvalue weighted by molar-refractivity contribution is -0.141. The third-order valence-corrected chi connectivity index (χ3v) is 2.92. The molecule has 0 aliphatic rings. The Labute approximate surface area is 121 Å². The van der Waals surface area contributed by atoms with Gasteiger partial charge in [0.05, 0.1) is 13.5 Å². The van der Waals surface area contributed by atoms with E-state index >= 15 is 0 Å². The van der Waals surface area contributed by atoms with Crippen LogP contribution in [0.3, 0.4) is 0 Å². The number of hydrogen-bond acceptors (Lipinski definition) is 3. The Bertz CT molecular complexity index is 468. The Kier molecular flexibility index (Phi) is 6.29. The molecule has 0 aliphatic heterocycles. The van der Waals surface area contributed by atoms with Crippen LogP contribution < -0.4 is 5.32 Å². The molecule has 1 unspecified atom stereocenters. The molecular formula is C14H16BrNO3. The van der Waals surface area contributed by atoms with Crippen molar-refractivity contribution in [3.05, 3.63) is 40.4 Å². The second-order valence-corrected chi connectivity index (χ2v) is 4.99. The Hall–Kier alpha value is -1.62. The van der Waals surface area contributed by atoms with Gasteiger partial charge in [0.15, 0.2) is 0 Å². The van der Waals surface area contributed by atoms with Crippen LogP contribution in [-0.2, 0) is 14.3 Å². The minimum Gasteiger partial charge on any atom is -0.469 e. The molecule has 1 atom stereocenters. The van der Waals surface area contributed by atoms with E-state index in [1.807, 2.05) is 24.3 Å². The number of halogens is 1. The number of rotatable bonds is 5. The molecule has 1 aromatic carbocycles. The summed E-state index contributed by atoms with van der Waals surface area (Å²) < 4.78 is 5.52.